The number of thiazole rings is 1. The molecule has 1 aromatic carbocycles. The average molecular weight is 410 g/mol. The number of hydrogen-bond acceptors (Lipinski definition) is 6. The first-order valence-electron chi connectivity index (χ1n) is 9.76. The molecule has 4 heterocycles. The Kier molecular flexibility index (Phi) is 5.13. The summed E-state index contributed by atoms with van der Waals surface area (Å²) in [7, 11) is 0. The molecule has 2 fully saturated rings. The first kappa shape index (κ1) is 18.5. The number of benzene rings is 1. The molecule has 7 nitrogen and oxygen atoms in total. The Morgan fingerprint density at radius 2 is 1.86 bits per heavy atom. The Bertz CT molecular complexity index is 943. The molecule has 0 saturated carbocycles. The summed E-state index contributed by atoms with van der Waals surface area (Å²) < 4.78 is 14.0. The van der Waals surface area contributed by atoms with Crippen LogP contribution in [0.3, 0.4) is 0 Å². The largest absolute Gasteiger partial charge is 0.371 e. The number of fused-ring (bicyclic) bond motifs is 1. The summed E-state index contributed by atoms with van der Waals surface area (Å²) >= 11 is 1.53. The molecule has 8 heteroatoms. The summed E-state index contributed by atoms with van der Waals surface area (Å²) in [4.78, 5) is 19.3. The molecule has 150 valence electrons. The van der Waals surface area contributed by atoms with Crippen LogP contribution in [0.25, 0.3) is 0 Å². The molecule has 0 radical (unpaired) electrons. The van der Waals surface area contributed by atoms with E-state index in [4.69, 9.17) is 9.47 Å². The lowest BCUT2D eigenvalue weighted by Crippen LogP contribution is -2.31. The molecule has 1 amide bonds. The van der Waals surface area contributed by atoms with Gasteiger partial charge >= 0.3 is 0 Å². The van der Waals surface area contributed by atoms with Gasteiger partial charge in [-0.1, -0.05) is 30.3 Å². The van der Waals surface area contributed by atoms with E-state index in [1.807, 2.05) is 40.5 Å². The van der Waals surface area contributed by atoms with Gasteiger partial charge in [-0.25, -0.2) is 4.98 Å². The fraction of sp³-hybridized carbons (Fsp3) is 0.381. The quantitative estimate of drug-likeness (QED) is 0.661. The van der Waals surface area contributed by atoms with Gasteiger partial charge in [0.25, 0.3) is 5.91 Å². The average Bonchev–Trinajstić information content (AvgIpc) is 3.49. The third-order valence-corrected chi connectivity index (χ3v) is 6.22. The van der Waals surface area contributed by atoms with Crippen LogP contribution in [-0.4, -0.2) is 64.1 Å². The van der Waals surface area contributed by atoms with Gasteiger partial charge in [0.15, 0.2) is 0 Å². The number of hydrogen-bond donors (Lipinski definition) is 0. The van der Waals surface area contributed by atoms with Crippen LogP contribution < -0.4 is 0 Å². The van der Waals surface area contributed by atoms with Crippen molar-refractivity contribution < 1.29 is 14.3 Å². The molecule has 5 rings (SSSR count). The zero-order valence-electron chi connectivity index (χ0n) is 15.9. The highest BCUT2D eigenvalue weighted by Gasteiger charge is 2.40. The number of ether oxygens (including phenoxy) is 2. The van der Waals surface area contributed by atoms with Crippen molar-refractivity contribution in [1.82, 2.24) is 19.7 Å². The smallest absolute Gasteiger partial charge is 0.273 e. The van der Waals surface area contributed by atoms with Gasteiger partial charge in [-0.05, 0) is 11.6 Å². The Morgan fingerprint density at radius 3 is 2.55 bits per heavy atom. The van der Waals surface area contributed by atoms with Crippen molar-refractivity contribution in [3.63, 3.8) is 0 Å². The van der Waals surface area contributed by atoms with E-state index >= 15 is 0 Å². The van der Waals surface area contributed by atoms with Crippen molar-refractivity contribution in [3.05, 3.63) is 70.4 Å². The lowest BCUT2D eigenvalue weighted by Gasteiger charge is -2.18. The number of aromatic nitrogens is 3. The van der Waals surface area contributed by atoms with E-state index in [0.29, 0.717) is 32.0 Å². The second kappa shape index (κ2) is 8.06. The van der Waals surface area contributed by atoms with Crippen LogP contribution in [0.4, 0.5) is 0 Å². The van der Waals surface area contributed by atoms with Gasteiger partial charge in [0.1, 0.15) is 17.9 Å². The van der Waals surface area contributed by atoms with E-state index in [-0.39, 0.29) is 24.2 Å². The number of carbonyl (C=O) groups excluding carboxylic acids is 1. The molecular formula is C21H22N4O3S. The van der Waals surface area contributed by atoms with Gasteiger partial charge in [-0.15, -0.1) is 11.3 Å². The first-order valence-corrected chi connectivity index (χ1v) is 10.6. The van der Waals surface area contributed by atoms with Crippen LogP contribution in [0.5, 0.6) is 0 Å². The number of likely N-dealkylation sites (tertiary alicyclic amines) is 1. The molecule has 2 aliphatic heterocycles. The molecule has 0 N–H and O–H groups in total. The van der Waals surface area contributed by atoms with Crippen LogP contribution >= 0.6 is 11.3 Å². The van der Waals surface area contributed by atoms with Crippen molar-refractivity contribution >= 4 is 17.2 Å². The van der Waals surface area contributed by atoms with Gasteiger partial charge in [0.05, 0.1) is 24.3 Å². The molecule has 2 aliphatic rings. The normalized spacial score (nSPS) is 22.4. The van der Waals surface area contributed by atoms with Crippen LogP contribution in [0.15, 0.2) is 54.2 Å². The van der Waals surface area contributed by atoms with Crippen molar-refractivity contribution in [2.24, 2.45) is 0 Å². The lowest BCUT2D eigenvalue weighted by atomic mass is 10.2. The monoisotopic (exact) mass is 410 g/mol. The molecule has 2 atom stereocenters. The fourth-order valence-electron chi connectivity index (χ4n) is 3.82. The van der Waals surface area contributed by atoms with Crippen LogP contribution in [0.2, 0.25) is 0 Å². The molecule has 0 aliphatic carbocycles. The summed E-state index contributed by atoms with van der Waals surface area (Å²) in [6.45, 7) is 2.12. The van der Waals surface area contributed by atoms with Gasteiger partial charge in [0.2, 0.25) is 0 Å². The minimum atomic E-state index is -0.109. The minimum Gasteiger partial charge on any atom is -0.371 e. The first-order chi connectivity index (χ1) is 14.3. The van der Waals surface area contributed by atoms with E-state index in [1.165, 1.54) is 16.9 Å². The molecule has 3 aromatic rings. The summed E-state index contributed by atoms with van der Waals surface area (Å²) in [5.74, 6) is -0.0514. The third kappa shape index (κ3) is 3.96. The van der Waals surface area contributed by atoms with Crippen molar-refractivity contribution in [1.29, 1.82) is 0 Å². The summed E-state index contributed by atoms with van der Waals surface area (Å²) in [5, 5.41) is 7.07. The zero-order chi connectivity index (χ0) is 19.6. The second-order valence-electron chi connectivity index (χ2n) is 7.38. The molecule has 0 unspecified atom stereocenters. The number of amides is 1. The highest BCUT2D eigenvalue weighted by Crippen LogP contribution is 2.25. The van der Waals surface area contributed by atoms with Gasteiger partial charge in [0, 0.05) is 37.3 Å². The van der Waals surface area contributed by atoms with Crippen molar-refractivity contribution in [2.75, 3.05) is 26.3 Å². The predicted molar refractivity (Wildman–Crippen MR) is 108 cm³/mol. The predicted octanol–water partition coefficient (Wildman–Crippen LogP) is 2.41. The summed E-state index contributed by atoms with van der Waals surface area (Å²) in [6.07, 6.45) is 4.20. The Hall–Kier alpha value is -2.55. The topological polar surface area (TPSA) is 69.5 Å². The highest BCUT2D eigenvalue weighted by atomic mass is 32.1. The van der Waals surface area contributed by atoms with Gasteiger partial charge in [-0.2, -0.15) is 5.10 Å². The molecule has 0 spiro atoms. The fourth-order valence-corrected chi connectivity index (χ4v) is 4.62. The second-order valence-corrected chi connectivity index (χ2v) is 8.33. The van der Waals surface area contributed by atoms with E-state index in [0.717, 1.165) is 11.4 Å². The molecule has 29 heavy (non-hydrogen) atoms. The Morgan fingerprint density at radius 1 is 1.10 bits per heavy atom. The summed E-state index contributed by atoms with van der Waals surface area (Å²) in [5.41, 5.74) is 1.70. The van der Waals surface area contributed by atoms with Crippen LogP contribution in [-0.2, 0) is 15.9 Å². The number of carbonyl (C=O) groups is 1. The highest BCUT2D eigenvalue weighted by molar-refractivity contribution is 7.09. The van der Waals surface area contributed by atoms with E-state index in [2.05, 4.69) is 22.2 Å². The number of nitrogens with zero attached hydrogens (tertiary/aromatic N) is 4. The molecule has 0 bridgehead atoms. The maximum absolute atomic E-state index is 12.9. The Balaban J connectivity index is 1.21. The zero-order valence-corrected chi connectivity index (χ0v) is 16.7. The minimum absolute atomic E-state index is 0.0514. The Labute approximate surface area is 172 Å². The SMILES string of the molecule is O=C(c1csc(Cc2ccccc2)n1)N1C[C@@H]2OCC(n3cccn3)CO[C@H]2C1. The van der Waals surface area contributed by atoms with Crippen molar-refractivity contribution in [2.45, 2.75) is 24.7 Å². The van der Waals surface area contributed by atoms with Crippen molar-refractivity contribution in [3.8, 4) is 0 Å². The third-order valence-electron chi connectivity index (χ3n) is 5.38. The number of rotatable bonds is 4. The van der Waals surface area contributed by atoms with Crippen LogP contribution in [0, 0.1) is 0 Å². The van der Waals surface area contributed by atoms with E-state index < -0.39 is 0 Å². The lowest BCUT2D eigenvalue weighted by molar-refractivity contribution is -0.00461. The molecular weight excluding hydrogens is 388 g/mol. The van der Waals surface area contributed by atoms with E-state index in [1.54, 1.807) is 11.1 Å². The summed E-state index contributed by atoms with van der Waals surface area (Å²) in [6, 6.07) is 12.1. The standard InChI is InChI=1S/C21H22N4O3S/c26-21(17-14-29-20(23-17)9-15-5-2-1-3-6-15)24-10-18-19(11-24)28-13-16(12-27-18)25-8-4-7-22-25/h1-8,14,16,18-19H,9-13H2/t18-,19-/m0/s1. The van der Waals surface area contributed by atoms with E-state index in [9.17, 15) is 4.79 Å². The molecule has 2 saturated heterocycles. The van der Waals surface area contributed by atoms with Gasteiger partial charge in [-0.3, -0.25) is 9.48 Å². The van der Waals surface area contributed by atoms with Gasteiger partial charge < -0.3 is 14.4 Å². The maximum atomic E-state index is 12.9. The van der Waals surface area contributed by atoms with Crippen LogP contribution in [0.1, 0.15) is 27.1 Å². The molecule has 2 aromatic heterocycles. The maximum Gasteiger partial charge on any atom is 0.273 e.